The fourth-order valence-electron chi connectivity index (χ4n) is 5.59. The van der Waals surface area contributed by atoms with Crippen LogP contribution in [-0.4, -0.2) is 39.3 Å². The van der Waals surface area contributed by atoms with Gasteiger partial charge in [0.1, 0.15) is 5.25 Å². The molecule has 4 rings (SSSR count). The van der Waals surface area contributed by atoms with Gasteiger partial charge in [0.2, 0.25) is 0 Å². The highest BCUT2D eigenvalue weighted by Gasteiger charge is 2.49. The van der Waals surface area contributed by atoms with Crippen molar-refractivity contribution in [2.75, 3.05) is 13.1 Å². The Bertz CT molecular complexity index is 1010. The molecule has 0 spiro atoms. The highest BCUT2D eigenvalue weighted by molar-refractivity contribution is 8.03. The second-order valence-electron chi connectivity index (χ2n) is 11.3. The number of nitrogens with zero attached hydrogens (tertiary/aromatic N) is 2. The molecule has 3 aliphatic rings. The lowest BCUT2D eigenvalue weighted by Crippen LogP contribution is -2.42. The van der Waals surface area contributed by atoms with Gasteiger partial charge in [-0.15, -0.1) is 11.8 Å². The lowest BCUT2D eigenvalue weighted by molar-refractivity contribution is -0.137. The maximum Gasteiger partial charge on any atom is 0.319 e. The van der Waals surface area contributed by atoms with E-state index in [1.54, 1.807) is 0 Å². The Hall–Kier alpha value is -2.03. The van der Waals surface area contributed by atoms with Crippen LogP contribution in [0.1, 0.15) is 65.4 Å². The van der Waals surface area contributed by atoms with Gasteiger partial charge < -0.3 is 5.11 Å². The number of pyridine rings is 1. The van der Waals surface area contributed by atoms with E-state index >= 15 is 0 Å². The zero-order chi connectivity index (χ0) is 24.3. The van der Waals surface area contributed by atoms with Gasteiger partial charge in [0.15, 0.2) is 0 Å². The molecule has 1 aromatic rings. The van der Waals surface area contributed by atoms with Gasteiger partial charge in [0.05, 0.1) is 5.41 Å². The lowest BCUT2D eigenvalue weighted by Gasteiger charge is -2.42. The number of thioether (sulfide) groups is 1. The number of rotatable bonds is 5. The molecule has 0 amide bonds. The van der Waals surface area contributed by atoms with Gasteiger partial charge >= 0.3 is 5.97 Å². The smallest absolute Gasteiger partial charge is 0.319 e. The summed E-state index contributed by atoms with van der Waals surface area (Å²) >= 11 is 1.42. The monoisotopic (exact) mass is 478 g/mol. The van der Waals surface area contributed by atoms with E-state index < -0.39 is 16.6 Å². The second-order valence-corrected chi connectivity index (χ2v) is 12.3. The average Bonchev–Trinajstić information content (AvgIpc) is 3.24. The van der Waals surface area contributed by atoms with Crippen molar-refractivity contribution in [3.8, 4) is 11.8 Å². The Kier molecular flexibility index (Phi) is 7.60. The molecular weight excluding hydrogens is 440 g/mol. The standard InChI is InChI=1S/C29H38N2O2S/c1-21-5-7-23(8-6-21)24-20-31(19-22-9-15-30-16-10-22)17-11-25(24)29(13-12-28(2,3)4)14-18-34-26(29)27(32)33/h9-10,14-16,18,21,23,26H,5-8,11,17,19-20H2,1-4H3,(H,32,33). The molecule has 1 aromatic heterocycles. The third-order valence-corrected chi connectivity index (χ3v) is 8.59. The molecule has 3 heterocycles. The first-order valence-electron chi connectivity index (χ1n) is 12.6. The van der Waals surface area contributed by atoms with Crippen LogP contribution in [0.4, 0.5) is 0 Å². The van der Waals surface area contributed by atoms with Crippen molar-refractivity contribution in [3.05, 3.63) is 52.7 Å². The van der Waals surface area contributed by atoms with Crippen molar-refractivity contribution in [2.45, 2.75) is 71.6 Å². The summed E-state index contributed by atoms with van der Waals surface area (Å²) in [4.78, 5) is 19.1. The van der Waals surface area contributed by atoms with Gasteiger partial charge in [-0.3, -0.25) is 14.7 Å². The number of aromatic nitrogens is 1. The predicted octanol–water partition coefficient (Wildman–Crippen LogP) is 6.16. The number of carboxylic acid groups (broad SMARTS) is 1. The van der Waals surface area contributed by atoms with Gasteiger partial charge in [-0.2, -0.15) is 0 Å². The Balaban J connectivity index is 1.77. The Morgan fingerprint density at radius 2 is 1.94 bits per heavy atom. The van der Waals surface area contributed by atoms with Crippen LogP contribution in [0.2, 0.25) is 0 Å². The molecule has 2 unspecified atom stereocenters. The summed E-state index contributed by atoms with van der Waals surface area (Å²) in [5.74, 6) is 7.53. The highest BCUT2D eigenvalue weighted by Crippen LogP contribution is 2.51. The van der Waals surface area contributed by atoms with Gasteiger partial charge in [0.25, 0.3) is 0 Å². The van der Waals surface area contributed by atoms with Crippen molar-refractivity contribution < 1.29 is 9.90 Å². The minimum absolute atomic E-state index is 0.180. The summed E-state index contributed by atoms with van der Waals surface area (Å²) in [6.07, 6.45) is 11.6. The summed E-state index contributed by atoms with van der Waals surface area (Å²) in [6, 6.07) is 4.18. The Morgan fingerprint density at radius 3 is 2.59 bits per heavy atom. The van der Waals surface area contributed by atoms with Crippen LogP contribution in [0.5, 0.6) is 0 Å². The molecule has 1 fully saturated rings. The number of allylic oxidation sites excluding steroid dienone is 1. The van der Waals surface area contributed by atoms with Crippen molar-refractivity contribution in [2.24, 2.45) is 22.7 Å². The third kappa shape index (κ3) is 5.61. The molecule has 182 valence electrons. The number of hydrogen-bond donors (Lipinski definition) is 1. The molecule has 2 aliphatic heterocycles. The number of carbonyl (C=O) groups is 1. The number of hydrogen-bond acceptors (Lipinski definition) is 4. The number of aliphatic carboxylic acids is 1. The molecule has 1 saturated carbocycles. The Morgan fingerprint density at radius 1 is 1.24 bits per heavy atom. The van der Waals surface area contributed by atoms with Gasteiger partial charge in [-0.1, -0.05) is 43.3 Å². The molecule has 1 aliphatic carbocycles. The first-order chi connectivity index (χ1) is 16.2. The molecular formula is C29H38N2O2S. The molecule has 0 bridgehead atoms. The zero-order valence-electron chi connectivity index (χ0n) is 21.0. The lowest BCUT2D eigenvalue weighted by atomic mass is 9.68. The van der Waals surface area contributed by atoms with Crippen LogP contribution < -0.4 is 0 Å². The van der Waals surface area contributed by atoms with E-state index in [9.17, 15) is 9.90 Å². The van der Waals surface area contributed by atoms with E-state index in [1.165, 1.54) is 54.2 Å². The van der Waals surface area contributed by atoms with Crippen molar-refractivity contribution in [1.29, 1.82) is 0 Å². The first kappa shape index (κ1) is 25.1. The van der Waals surface area contributed by atoms with Crippen LogP contribution in [0.3, 0.4) is 0 Å². The van der Waals surface area contributed by atoms with Gasteiger partial charge in [-0.25, -0.2) is 0 Å². The van der Waals surface area contributed by atoms with Crippen LogP contribution in [0.15, 0.2) is 47.2 Å². The first-order valence-corrected chi connectivity index (χ1v) is 13.6. The Labute approximate surface area is 209 Å². The van der Waals surface area contributed by atoms with E-state index in [0.29, 0.717) is 5.92 Å². The van der Waals surface area contributed by atoms with Crippen LogP contribution in [-0.2, 0) is 11.3 Å². The predicted molar refractivity (Wildman–Crippen MR) is 140 cm³/mol. The molecule has 1 N–H and O–H groups in total. The zero-order valence-corrected chi connectivity index (χ0v) is 21.8. The van der Waals surface area contributed by atoms with E-state index in [1.807, 2.05) is 17.8 Å². The minimum atomic E-state index is -0.762. The largest absolute Gasteiger partial charge is 0.480 e. The summed E-state index contributed by atoms with van der Waals surface area (Å²) < 4.78 is 0. The van der Waals surface area contributed by atoms with Gasteiger partial charge in [0, 0.05) is 37.4 Å². The van der Waals surface area contributed by atoms with Crippen LogP contribution in [0.25, 0.3) is 0 Å². The van der Waals surface area contributed by atoms with E-state index in [4.69, 9.17) is 0 Å². The average molecular weight is 479 g/mol. The molecule has 34 heavy (non-hydrogen) atoms. The van der Waals surface area contributed by atoms with Crippen LogP contribution in [0, 0.1) is 34.5 Å². The fourth-order valence-corrected chi connectivity index (χ4v) is 6.65. The van der Waals surface area contributed by atoms with Crippen molar-refractivity contribution in [3.63, 3.8) is 0 Å². The SMILES string of the molecule is CC1CCC(C2=C(C3(C#CC(C)(C)C)C=CSC3C(=O)O)CCN(Cc3ccncc3)C2)CC1. The summed E-state index contributed by atoms with van der Waals surface area (Å²) in [6.45, 7) is 11.4. The maximum absolute atomic E-state index is 12.4. The van der Waals surface area contributed by atoms with E-state index in [2.05, 4.69) is 67.6 Å². The van der Waals surface area contributed by atoms with Crippen molar-refractivity contribution in [1.82, 2.24) is 9.88 Å². The second kappa shape index (κ2) is 10.3. The fraction of sp³-hybridized carbons (Fsp3) is 0.586. The topological polar surface area (TPSA) is 53.4 Å². The molecule has 0 saturated heterocycles. The molecule has 5 heteroatoms. The minimum Gasteiger partial charge on any atom is -0.480 e. The molecule has 2 atom stereocenters. The number of carboxylic acids is 1. The van der Waals surface area contributed by atoms with Crippen molar-refractivity contribution >= 4 is 17.7 Å². The highest BCUT2D eigenvalue weighted by atomic mass is 32.2. The molecule has 0 radical (unpaired) electrons. The summed E-state index contributed by atoms with van der Waals surface area (Å²) in [5.41, 5.74) is 3.14. The quantitative estimate of drug-likeness (QED) is 0.406. The van der Waals surface area contributed by atoms with E-state index in [-0.39, 0.29) is 5.41 Å². The van der Waals surface area contributed by atoms with Gasteiger partial charge in [-0.05, 0) is 80.5 Å². The molecule has 4 nitrogen and oxygen atoms in total. The maximum atomic E-state index is 12.4. The summed E-state index contributed by atoms with van der Waals surface area (Å²) in [7, 11) is 0. The van der Waals surface area contributed by atoms with E-state index in [0.717, 1.165) is 32.0 Å². The third-order valence-electron chi connectivity index (χ3n) is 7.45. The van der Waals surface area contributed by atoms with Crippen LogP contribution >= 0.6 is 11.8 Å². The summed E-state index contributed by atoms with van der Waals surface area (Å²) in [5, 5.41) is 11.6. The molecule has 0 aromatic carbocycles. The normalized spacial score (nSPS) is 30.2.